The number of H-pyrrole nitrogens is 2. The van der Waals surface area contributed by atoms with Gasteiger partial charge in [-0.2, -0.15) is 5.10 Å². The average molecular weight is 331 g/mol. The molecule has 6 nitrogen and oxygen atoms in total. The van der Waals surface area contributed by atoms with E-state index in [4.69, 9.17) is 16.3 Å². The van der Waals surface area contributed by atoms with Crippen molar-refractivity contribution in [3.8, 4) is 11.6 Å². The summed E-state index contributed by atoms with van der Waals surface area (Å²) in [6.45, 7) is 3.89. The zero-order valence-electron chi connectivity index (χ0n) is 12.6. The summed E-state index contributed by atoms with van der Waals surface area (Å²) in [6.07, 6.45) is 0. The number of rotatable bonds is 4. The van der Waals surface area contributed by atoms with Crippen LogP contribution in [0.3, 0.4) is 0 Å². The van der Waals surface area contributed by atoms with Crippen LogP contribution in [0.2, 0.25) is 5.02 Å². The largest absolute Gasteiger partial charge is 0.437 e. The smallest absolute Gasteiger partial charge is 0.264 e. The Morgan fingerprint density at radius 1 is 1.17 bits per heavy atom. The minimum Gasteiger partial charge on any atom is -0.437 e. The van der Waals surface area contributed by atoms with Gasteiger partial charge in [0.2, 0.25) is 5.88 Å². The summed E-state index contributed by atoms with van der Waals surface area (Å²) in [7, 11) is 0. The fourth-order valence-corrected chi connectivity index (χ4v) is 2.48. The third-order valence-corrected chi connectivity index (χ3v) is 3.83. The summed E-state index contributed by atoms with van der Waals surface area (Å²) in [5.41, 5.74) is 2.27. The highest BCUT2D eigenvalue weighted by atomic mass is 35.5. The van der Waals surface area contributed by atoms with Gasteiger partial charge in [0.1, 0.15) is 5.75 Å². The lowest BCUT2D eigenvalue weighted by Crippen LogP contribution is -2.10. The second-order valence-corrected chi connectivity index (χ2v) is 5.63. The van der Waals surface area contributed by atoms with Crippen LogP contribution >= 0.6 is 11.6 Å². The molecule has 1 atom stereocenters. The second kappa shape index (κ2) is 6.26. The van der Waals surface area contributed by atoms with E-state index in [9.17, 15) is 4.79 Å². The van der Waals surface area contributed by atoms with Crippen molar-refractivity contribution in [2.75, 3.05) is 0 Å². The topological polar surface area (TPSA) is 83.7 Å². The molecule has 2 aromatic heterocycles. The number of halogens is 1. The summed E-state index contributed by atoms with van der Waals surface area (Å²) in [4.78, 5) is 11.1. The second-order valence-electron chi connectivity index (χ2n) is 5.19. The van der Waals surface area contributed by atoms with Crippen molar-refractivity contribution >= 4 is 11.6 Å². The van der Waals surface area contributed by atoms with Crippen LogP contribution in [0, 0.1) is 6.92 Å². The van der Waals surface area contributed by atoms with Gasteiger partial charge in [-0.15, -0.1) is 5.10 Å². The first-order valence-corrected chi connectivity index (χ1v) is 7.46. The van der Waals surface area contributed by atoms with Gasteiger partial charge in [-0.3, -0.25) is 9.89 Å². The molecule has 0 radical (unpaired) electrons. The normalized spacial score (nSPS) is 12.1. The van der Waals surface area contributed by atoms with Crippen molar-refractivity contribution in [1.29, 1.82) is 0 Å². The number of nitrogens with zero attached hydrogens (tertiary/aromatic N) is 2. The fourth-order valence-electron chi connectivity index (χ4n) is 2.30. The Kier molecular flexibility index (Phi) is 4.16. The van der Waals surface area contributed by atoms with Crippen LogP contribution in [0.1, 0.15) is 29.8 Å². The third kappa shape index (κ3) is 3.27. The maximum atomic E-state index is 11.1. The number of ether oxygens (including phenoxy) is 1. The van der Waals surface area contributed by atoms with E-state index in [1.165, 1.54) is 6.07 Å². The Hall–Kier alpha value is -2.60. The summed E-state index contributed by atoms with van der Waals surface area (Å²) in [6, 6.07) is 10.3. The van der Waals surface area contributed by atoms with Crippen molar-refractivity contribution < 1.29 is 4.74 Å². The Morgan fingerprint density at radius 3 is 2.70 bits per heavy atom. The van der Waals surface area contributed by atoms with Crippen molar-refractivity contribution in [3.63, 3.8) is 0 Å². The van der Waals surface area contributed by atoms with Crippen LogP contribution in [0.15, 0.2) is 41.2 Å². The van der Waals surface area contributed by atoms with Crippen LogP contribution in [0.25, 0.3) is 0 Å². The number of hydrogen-bond acceptors (Lipinski definition) is 4. The van der Waals surface area contributed by atoms with Crippen LogP contribution in [-0.4, -0.2) is 20.4 Å². The summed E-state index contributed by atoms with van der Waals surface area (Å²) < 4.78 is 5.77. The molecule has 0 fully saturated rings. The molecule has 2 N–H and O–H groups in total. The van der Waals surface area contributed by atoms with Crippen molar-refractivity contribution in [1.82, 2.24) is 20.4 Å². The standard InChI is InChI=1S/C16H15ClN4O2/c1-9(13-6-7-14(22)19-18-13)15-10(2)16(21-20-15)23-12-5-3-4-11(17)8-12/h3-9H,1-2H3,(H,19,22)(H,20,21). The van der Waals surface area contributed by atoms with E-state index in [0.29, 0.717) is 16.7 Å². The molecule has 0 aliphatic heterocycles. The maximum Gasteiger partial charge on any atom is 0.264 e. The average Bonchev–Trinajstić information content (AvgIpc) is 2.88. The molecule has 3 rings (SSSR count). The van der Waals surface area contributed by atoms with Gasteiger partial charge in [0.05, 0.1) is 11.4 Å². The van der Waals surface area contributed by atoms with E-state index in [-0.39, 0.29) is 11.5 Å². The molecule has 1 aromatic carbocycles. The van der Waals surface area contributed by atoms with Crippen molar-refractivity contribution in [2.24, 2.45) is 0 Å². The van der Waals surface area contributed by atoms with Gasteiger partial charge in [0, 0.05) is 22.6 Å². The lowest BCUT2D eigenvalue weighted by molar-refractivity contribution is 0.458. The van der Waals surface area contributed by atoms with Crippen molar-refractivity contribution in [2.45, 2.75) is 19.8 Å². The fraction of sp³-hybridized carbons (Fsp3) is 0.188. The summed E-state index contributed by atoms with van der Waals surface area (Å²) >= 11 is 5.95. The first kappa shape index (κ1) is 15.3. The van der Waals surface area contributed by atoms with Crippen molar-refractivity contribution in [3.05, 3.63) is 68.7 Å². The van der Waals surface area contributed by atoms with Crippen LogP contribution in [0.5, 0.6) is 11.6 Å². The van der Waals surface area contributed by atoms with E-state index in [0.717, 1.165) is 17.0 Å². The molecule has 0 bridgehead atoms. The first-order valence-electron chi connectivity index (χ1n) is 7.08. The zero-order chi connectivity index (χ0) is 16.4. The van der Waals surface area contributed by atoms with Crippen LogP contribution < -0.4 is 10.3 Å². The molecule has 0 aliphatic carbocycles. The monoisotopic (exact) mass is 330 g/mol. The molecule has 0 amide bonds. The van der Waals surface area contributed by atoms with E-state index in [1.807, 2.05) is 26.0 Å². The van der Waals surface area contributed by atoms with Gasteiger partial charge in [0.15, 0.2) is 0 Å². The molecular weight excluding hydrogens is 316 g/mol. The number of aromatic amines is 2. The van der Waals surface area contributed by atoms with Crippen LogP contribution in [0.4, 0.5) is 0 Å². The van der Waals surface area contributed by atoms with E-state index >= 15 is 0 Å². The lowest BCUT2D eigenvalue weighted by Gasteiger charge is -2.09. The van der Waals surface area contributed by atoms with E-state index < -0.39 is 0 Å². The van der Waals surface area contributed by atoms with Gasteiger partial charge in [-0.1, -0.05) is 24.6 Å². The quantitative estimate of drug-likeness (QED) is 0.768. The predicted octanol–water partition coefficient (Wildman–Crippen LogP) is 3.40. The van der Waals surface area contributed by atoms with Gasteiger partial charge in [-0.05, 0) is 31.2 Å². The molecular formula is C16H15ClN4O2. The van der Waals surface area contributed by atoms with Gasteiger partial charge in [-0.25, -0.2) is 5.10 Å². The molecule has 1 unspecified atom stereocenters. The highest BCUT2D eigenvalue weighted by Gasteiger charge is 2.19. The molecule has 0 spiro atoms. The third-order valence-electron chi connectivity index (χ3n) is 3.59. The molecule has 0 saturated carbocycles. The molecule has 2 heterocycles. The van der Waals surface area contributed by atoms with E-state index in [2.05, 4.69) is 20.4 Å². The number of aromatic nitrogens is 4. The van der Waals surface area contributed by atoms with Crippen LogP contribution in [-0.2, 0) is 0 Å². The van der Waals surface area contributed by atoms with Gasteiger partial charge >= 0.3 is 0 Å². The van der Waals surface area contributed by atoms with Gasteiger partial charge < -0.3 is 4.74 Å². The lowest BCUT2D eigenvalue weighted by atomic mass is 10.0. The molecule has 118 valence electrons. The Balaban J connectivity index is 1.86. The zero-order valence-corrected chi connectivity index (χ0v) is 13.4. The van der Waals surface area contributed by atoms with Gasteiger partial charge in [0.25, 0.3) is 5.56 Å². The first-order chi connectivity index (χ1) is 11.0. The Labute approximate surface area is 137 Å². The number of nitrogens with one attached hydrogen (secondary N) is 2. The highest BCUT2D eigenvalue weighted by molar-refractivity contribution is 6.30. The number of benzene rings is 1. The predicted molar refractivity (Wildman–Crippen MR) is 87.2 cm³/mol. The summed E-state index contributed by atoms with van der Waals surface area (Å²) in [5.74, 6) is 1.04. The SMILES string of the molecule is Cc1c(Oc2cccc(Cl)c2)n[nH]c1C(C)c1ccc(=O)[nH]n1. The summed E-state index contributed by atoms with van der Waals surface area (Å²) in [5, 5.41) is 14.3. The molecule has 23 heavy (non-hydrogen) atoms. The molecule has 7 heteroatoms. The van der Waals surface area contributed by atoms with E-state index in [1.54, 1.807) is 18.2 Å². The number of hydrogen-bond donors (Lipinski definition) is 2. The Bertz CT molecular complexity index is 867. The minimum atomic E-state index is -0.229. The minimum absolute atomic E-state index is 0.0592. The highest BCUT2D eigenvalue weighted by Crippen LogP contribution is 2.31. The molecule has 3 aromatic rings. The molecule has 0 saturated heterocycles. The maximum absolute atomic E-state index is 11.1. The molecule has 0 aliphatic rings. The Morgan fingerprint density at radius 2 is 2.00 bits per heavy atom.